The van der Waals surface area contributed by atoms with Gasteiger partial charge in [-0.05, 0) is 44.6 Å². The van der Waals surface area contributed by atoms with Crippen LogP contribution in [-0.4, -0.2) is 50.5 Å². The van der Waals surface area contributed by atoms with Crippen molar-refractivity contribution < 1.29 is 4.79 Å². The molecule has 1 saturated carbocycles. The number of nitrogens with zero attached hydrogens (tertiary/aromatic N) is 2. The summed E-state index contributed by atoms with van der Waals surface area (Å²) in [5, 5.41) is 9.73. The maximum absolute atomic E-state index is 11.8. The van der Waals surface area contributed by atoms with E-state index in [1.54, 1.807) is 7.05 Å². The second-order valence-electron chi connectivity index (χ2n) is 6.54. The van der Waals surface area contributed by atoms with Gasteiger partial charge < -0.3 is 20.9 Å². The van der Waals surface area contributed by atoms with Crippen molar-refractivity contribution >= 4 is 41.5 Å². The van der Waals surface area contributed by atoms with Gasteiger partial charge in [0.05, 0.1) is 6.54 Å². The Morgan fingerprint density at radius 1 is 1.28 bits per heavy atom. The molecule has 25 heavy (non-hydrogen) atoms. The molecule has 1 aliphatic rings. The third-order valence-corrected chi connectivity index (χ3v) is 4.05. The van der Waals surface area contributed by atoms with E-state index in [1.165, 1.54) is 25.7 Å². The lowest BCUT2D eigenvalue weighted by atomic mass is 10.2. The van der Waals surface area contributed by atoms with Crippen LogP contribution in [0.1, 0.15) is 31.2 Å². The largest absolute Gasteiger partial charge is 0.354 e. The summed E-state index contributed by atoms with van der Waals surface area (Å²) in [5.74, 6) is 0.827. The van der Waals surface area contributed by atoms with Crippen molar-refractivity contribution in [1.82, 2.24) is 15.5 Å². The zero-order valence-electron chi connectivity index (χ0n) is 15.3. The number of nitrogens with one attached hydrogen (secondary N) is 3. The average molecular weight is 459 g/mol. The van der Waals surface area contributed by atoms with Crippen molar-refractivity contribution in [3.05, 3.63) is 29.8 Å². The molecule has 1 aliphatic carbocycles. The Balaban J connectivity index is 0.00000312. The Hall–Kier alpha value is -1.35. The summed E-state index contributed by atoms with van der Waals surface area (Å²) in [6, 6.07) is 8.42. The van der Waals surface area contributed by atoms with Gasteiger partial charge in [-0.15, -0.1) is 24.0 Å². The lowest BCUT2D eigenvalue weighted by molar-refractivity contribution is -0.116. The van der Waals surface area contributed by atoms with E-state index >= 15 is 0 Å². The molecule has 0 atom stereocenters. The van der Waals surface area contributed by atoms with Crippen LogP contribution in [0.2, 0.25) is 0 Å². The zero-order chi connectivity index (χ0) is 17.4. The van der Waals surface area contributed by atoms with Crippen molar-refractivity contribution in [2.75, 3.05) is 33.0 Å². The molecule has 0 heterocycles. The van der Waals surface area contributed by atoms with Gasteiger partial charge in [0.1, 0.15) is 0 Å². The number of amides is 1. The molecule has 0 aromatic heterocycles. The first kappa shape index (κ1) is 21.7. The highest BCUT2D eigenvalue weighted by molar-refractivity contribution is 14.0. The second kappa shape index (κ2) is 11.3. The highest BCUT2D eigenvalue weighted by atomic mass is 127. The van der Waals surface area contributed by atoms with Gasteiger partial charge in [0.15, 0.2) is 5.96 Å². The first-order valence-electron chi connectivity index (χ1n) is 8.57. The third kappa shape index (κ3) is 8.04. The van der Waals surface area contributed by atoms with E-state index in [9.17, 15) is 4.79 Å². The highest BCUT2D eigenvalue weighted by Crippen LogP contribution is 2.17. The number of aliphatic imine (C=N–C) groups is 1. The first-order valence-corrected chi connectivity index (χ1v) is 8.57. The molecule has 1 fully saturated rings. The molecule has 2 rings (SSSR count). The van der Waals surface area contributed by atoms with Crippen molar-refractivity contribution in [2.45, 2.75) is 38.3 Å². The summed E-state index contributed by atoms with van der Waals surface area (Å²) in [5.41, 5.74) is 1.92. The number of carbonyl (C=O) groups is 1. The van der Waals surface area contributed by atoms with Crippen molar-refractivity contribution in [2.24, 2.45) is 4.99 Å². The average Bonchev–Trinajstić information content (AvgIpc) is 3.04. The standard InChI is InChI=1S/C18H29N5O.HI/c1-19-18(22-15-8-4-5-9-15)20-12-14-7-6-10-16(11-14)21-17(24)13-23(2)3;/h6-7,10-11,15H,4-5,8-9,12-13H2,1-3H3,(H,21,24)(H2,19,20,22);1H. The minimum atomic E-state index is -0.0104. The molecule has 1 aromatic carbocycles. The van der Waals surface area contributed by atoms with Crippen molar-refractivity contribution in [3.8, 4) is 0 Å². The van der Waals surface area contributed by atoms with E-state index in [0.29, 0.717) is 19.1 Å². The van der Waals surface area contributed by atoms with Gasteiger partial charge in [0.2, 0.25) is 5.91 Å². The Bertz CT molecular complexity index is 570. The van der Waals surface area contributed by atoms with Crippen LogP contribution in [0.15, 0.2) is 29.3 Å². The summed E-state index contributed by atoms with van der Waals surface area (Å²) in [6.07, 6.45) is 5.02. The Labute approximate surface area is 167 Å². The SMILES string of the molecule is CN=C(NCc1cccc(NC(=O)CN(C)C)c1)NC1CCCC1.I. The molecule has 0 saturated heterocycles. The van der Waals surface area contributed by atoms with Crippen LogP contribution in [0.5, 0.6) is 0 Å². The Morgan fingerprint density at radius 3 is 2.64 bits per heavy atom. The molecule has 6 nitrogen and oxygen atoms in total. The van der Waals surface area contributed by atoms with E-state index in [0.717, 1.165) is 17.2 Å². The minimum absolute atomic E-state index is 0. The zero-order valence-corrected chi connectivity index (χ0v) is 17.7. The number of likely N-dealkylation sites (N-methyl/N-ethyl adjacent to an activating group) is 1. The van der Waals surface area contributed by atoms with Crippen LogP contribution in [0.3, 0.4) is 0 Å². The molecule has 7 heteroatoms. The Morgan fingerprint density at radius 2 is 2.00 bits per heavy atom. The van der Waals surface area contributed by atoms with Gasteiger partial charge in [-0.1, -0.05) is 25.0 Å². The molecule has 1 aromatic rings. The van der Waals surface area contributed by atoms with Crippen LogP contribution in [0.25, 0.3) is 0 Å². The Kier molecular flexibility index (Phi) is 9.81. The van der Waals surface area contributed by atoms with E-state index in [2.05, 4.69) is 20.9 Å². The topological polar surface area (TPSA) is 68.8 Å². The summed E-state index contributed by atoms with van der Waals surface area (Å²) < 4.78 is 0. The summed E-state index contributed by atoms with van der Waals surface area (Å²) in [7, 11) is 5.55. The molecule has 140 valence electrons. The van der Waals surface area contributed by atoms with Gasteiger partial charge in [0, 0.05) is 25.3 Å². The second-order valence-corrected chi connectivity index (χ2v) is 6.54. The summed E-state index contributed by atoms with van der Waals surface area (Å²) >= 11 is 0. The van der Waals surface area contributed by atoms with Gasteiger partial charge in [-0.3, -0.25) is 9.79 Å². The molecule has 0 bridgehead atoms. The normalized spacial score (nSPS) is 15.0. The molecule has 0 aliphatic heterocycles. The smallest absolute Gasteiger partial charge is 0.238 e. The van der Waals surface area contributed by atoms with Gasteiger partial charge in [-0.2, -0.15) is 0 Å². The maximum atomic E-state index is 11.8. The number of hydrogen-bond donors (Lipinski definition) is 3. The van der Waals surface area contributed by atoms with Crippen molar-refractivity contribution in [3.63, 3.8) is 0 Å². The van der Waals surface area contributed by atoms with Crippen LogP contribution < -0.4 is 16.0 Å². The predicted octanol–water partition coefficient (Wildman–Crippen LogP) is 2.41. The molecule has 0 radical (unpaired) electrons. The number of halogens is 1. The molecule has 0 unspecified atom stereocenters. The molecular formula is C18H30IN5O. The molecule has 1 amide bonds. The van der Waals surface area contributed by atoms with Gasteiger partial charge in [-0.25, -0.2) is 0 Å². The van der Waals surface area contributed by atoms with E-state index < -0.39 is 0 Å². The monoisotopic (exact) mass is 459 g/mol. The number of anilines is 1. The van der Waals surface area contributed by atoms with Gasteiger partial charge in [0.25, 0.3) is 0 Å². The molecule has 3 N–H and O–H groups in total. The van der Waals surface area contributed by atoms with Crippen LogP contribution in [0.4, 0.5) is 5.69 Å². The van der Waals surface area contributed by atoms with Gasteiger partial charge >= 0.3 is 0 Å². The number of guanidine groups is 1. The van der Waals surface area contributed by atoms with Crippen LogP contribution in [-0.2, 0) is 11.3 Å². The first-order chi connectivity index (χ1) is 11.6. The van der Waals surface area contributed by atoms with Crippen LogP contribution in [0, 0.1) is 0 Å². The van der Waals surface area contributed by atoms with E-state index in [-0.39, 0.29) is 29.9 Å². The van der Waals surface area contributed by atoms with Crippen LogP contribution >= 0.6 is 24.0 Å². The summed E-state index contributed by atoms with van der Waals surface area (Å²) in [4.78, 5) is 18.0. The predicted molar refractivity (Wildman–Crippen MR) is 115 cm³/mol. The van der Waals surface area contributed by atoms with E-state index in [4.69, 9.17) is 0 Å². The molecular weight excluding hydrogens is 429 g/mol. The highest BCUT2D eigenvalue weighted by Gasteiger charge is 2.15. The number of carbonyl (C=O) groups excluding carboxylic acids is 1. The third-order valence-electron chi connectivity index (χ3n) is 4.05. The lowest BCUT2D eigenvalue weighted by Crippen LogP contribution is -2.41. The number of benzene rings is 1. The number of rotatable bonds is 6. The van der Waals surface area contributed by atoms with Crippen molar-refractivity contribution in [1.29, 1.82) is 0 Å². The minimum Gasteiger partial charge on any atom is -0.354 e. The fourth-order valence-corrected chi connectivity index (χ4v) is 2.89. The lowest BCUT2D eigenvalue weighted by Gasteiger charge is -2.17. The number of hydrogen-bond acceptors (Lipinski definition) is 3. The summed E-state index contributed by atoms with van der Waals surface area (Å²) in [6.45, 7) is 1.05. The van der Waals surface area contributed by atoms with E-state index in [1.807, 2.05) is 43.3 Å². The fourth-order valence-electron chi connectivity index (χ4n) is 2.89. The quantitative estimate of drug-likeness (QED) is 0.347. The molecule has 0 spiro atoms. The maximum Gasteiger partial charge on any atom is 0.238 e. The fraction of sp³-hybridized carbons (Fsp3) is 0.556.